The molecule has 2 aromatic rings. The van der Waals surface area contributed by atoms with E-state index >= 15 is 0 Å². The van der Waals surface area contributed by atoms with Gasteiger partial charge in [0.15, 0.2) is 0 Å². The molecule has 0 unspecified atom stereocenters. The van der Waals surface area contributed by atoms with Crippen molar-refractivity contribution in [3.05, 3.63) is 27.9 Å². The average Bonchev–Trinajstić information content (AvgIpc) is 3.19. The van der Waals surface area contributed by atoms with Gasteiger partial charge in [0.1, 0.15) is 16.8 Å². The number of rotatable bonds is 5. The highest BCUT2D eigenvalue weighted by Crippen LogP contribution is 2.38. The van der Waals surface area contributed by atoms with Crippen LogP contribution >= 0.6 is 11.8 Å². The summed E-state index contributed by atoms with van der Waals surface area (Å²) in [5, 5.41) is 31.8. The molecule has 1 aliphatic rings. The van der Waals surface area contributed by atoms with E-state index in [1.54, 1.807) is 4.68 Å². The number of tetrazole rings is 1. The molecule has 11 heteroatoms. The van der Waals surface area contributed by atoms with Crippen molar-refractivity contribution < 1.29 is 14.8 Å². The number of aromatic carboxylic acids is 1. The molecule has 21 heavy (non-hydrogen) atoms. The molecule has 0 spiro atoms. The Morgan fingerprint density at radius 2 is 2.29 bits per heavy atom. The van der Waals surface area contributed by atoms with Gasteiger partial charge in [-0.05, 0) is 41.1 Å². The first kappa shape index (κ1) is 13.4. The van der Waals surface area contributed by atoms with Gasteiger partial charge in [0.25, 0.3) is 0 Å². The van der Waals surface area contributed by atoms with Crippen LogP contribution in [0.15, 0.2) is 22.4 Å². The van der Waals surface area contributed by atoms with Gasteiger partial charge in [-0.15, -0.1) is 5.10 Å². The van der Waals surface area contributed by atoms with Crippen LogP contribution in [0.2, 0.25) is 0 Å². The molecule has 0 saturated heterocycles. The fraction of sp³-hybridized carbons (Fsp3) is 0.300. The molecule has 0 aromatic carbocycles. The Morgan fingerprint density at radius 3 is 2.90 bits per heavy atom. The third kappa shape index (κ3) is 2.67. The predicted molar refractivity (Wildman–Crippen MR) is 68.1 cm³/mol. The van der Waals surface area contributed by atoms with Gasteiger partial charge in [-0.1, -0.05) is 0 Å². The van der Waals surface area contributed by atoms with E-state index in [2.05, 4.69) is 20.5 Å². The lowest BCUT2D eigenvalue weighted by molar-refractivity contribution is -0.385. The summed E-state index contributed by atoms with van der Waals surface area (Å²) in [6, 6.07) is 1.41. The van der Waals surface area contributed by atoms with Gasteiger partial charge in [0.2, 0.25) is 5.16 Å². The third-order valence-electron chi connectivity index (χ3n) is 2.84. The number of aromatic nitrogens is 5. The number of hydrogen-bond donors (Lipinski definition) is 1. The monoisotopic (exact) mass is 308 g/mol. The zero-order valence-corrected chi connectivity index (χ0v) is 11.2. The highest BCUT2D eigenvalue weighted by atomic mass is 32.2. The summed E-state index contributed by atoms with van der Waals surface area (Å²) in [6.45, 7) is 0. The number of pyridine rings is 1. The normalized spacial score (nSPS) is 14.1. The fourth-order valence-corrected chi connectivity index (χ4v) is 2.52. The molecule has 2 heterocycles. The minimum atomic E-state index is -1.38. The second-order valence-corrected chi connectivity index (χ2v) is 5.33. The zero-order chi connectivity index (χ0) is 15.0. The lowest BCUT2D eigenvalue weighted by Crippen LogP contribution is -2.04. The van der Waals surface area contributed by atoms with Crippen LogP contribution in [0.5, 0.6) is 0 Å². The molecular weight excluding hydrogens is 300 g/mol. The molecular formula is C10H8N6O4S. The number of nitro groups is 1. The van der Waals surface area contributed by atoms with Crippen LogP contribution in [0.3, 0.4) is 0 Å². The van der Waals surface area contributed by atoms with Gasteiger partial charge in [0.05, 0.1) is 11.0 Å². The van der Waals surface area contributed by atoms with Crippen LogP contribution in [-0.4, -0.2) is 41.2 Å². The smallest absolute Gasteiger partial charge is 0.342 e. The highest BCUT2D eigenvalue weighted by Gasteiger charge is 2.29. The minimum Gasteiger partial charge on any atom is -0.477 e. The van der Waals surface area contributed by atoms with Crippen LogP contribution in [0.1, 0.15) is 29.2 Å². The number of carboxylic acid groups (broad SMARTS) is 1. The lowest BCUT2D eigenvalue weighted by Gasteiger charge is -2.03. The standard InChI is InChI=1S/C10H8N6O4S/c17-9(18)6-3-8(11-4-7(6)16(19)20)21-10-12-13-14-15(10)5-1-2-5/h3-5H,1-2H2,(H,17,18). The molecule has 1 saturated carbocycles. The summed E-state index contributed by atoms with van der Waals surface area (Å²) >= 11 is 1.07. The van der Waals surface area contributed by atoms with Crippen molar-refractivity contribution >= 4 is 23.4 Å². The Morgan fingerprint density at radius 1 is 1.52 bits per heavy atom. The first-order valence-corrected chi connectivity index (χ1v) is 6.71. The zero-order valence-electron chi connectivity index (χ0n) is 10.4. The summed E-state index contributed by atoms with van der Waals surface area (Å²) in [6.07, 6.45) is 2.91. The van der Waals surface area contributed by atoms with Crippen molar-refractivity contribution in [3.63, 3.8) is 0 Å². The minimum absolute atomic E-state index is 0.263. The predicted octanol–water partition coefficient (Wildman–Crippen LogP) is 1.16. The van der Waals surface area contributed by atoms with Crippen molar-refractivity contribution in [2.24, 2.45) is 0 Å². The van der Waals surface area contributed by atoms with Crippen molar-refractivity contribution in [3.8, 4) is 0 Å². The van der Waals surface area contributed by atoms with E-state index in [-0.39, 0.29) is 11.1 Å². The third-order valence-corrected chi connectivity index (χ3v) is 3.72. The van der Waals surface area contributed by atoms with Crippen molar-refractivity contribution in [1.29, 1.82) is 0 Å². The van der Waals surface area contributed by atoms with E-state index in [1.807, 2.05) is 0 Å². The summed E-state index contributed by atoms with van der Waals surface area (Å²) in [4.78, 5) is 25.0. The van der Waals surface area contributed by atoms with E-state index in [0.717, 1.165) is 36.9 Å². The Kier molecular flexibility index (Phi) is 3.25. The SMILES string of the molecule is O=C(O)c1cc(Sc2nnnn2C2CC2)ncc1[N+](=O)[O-]. The maximum absolute atomic E-state index is 11.1. The molecule has 3 rings (SSSR count). The van der Waals surface area contributed by atoms with Crippen molar-refractivity contribution in [2.45, 2.75) is 29.1 Å². The molecule has 1 fully saturated rings. The Bertz CT molecular complexity index is 728. The van der Waals surface area contributed by atoms with E-state index in [1.165, 1.54) is 0 Å². The first-order valence-electron chi connectivity index (χ1n) is 5.89. The molecule has 2 aromatic heterocycles. The van der Waals surface area contributed by atoms with Gasteiger partial charge in [0, 0.05) is 0 Å². The average molecular weight is 308 g/mol. The van der Waals surface area contributed by atoms with Crippen molar-refractivity contribution in [1.82, 2.24) is 25.2 Å². The number of hydrogen-bond acceptors (Lipinski definition) is 8. The summed E-state index contributed by atoms with van der Waals surface area (Å²) in [7, 11) is 0. The molecule has 0 bridgehead atoms. The van der Waals surface area contributed by atoms with Crippen LogP contribution in [-0.2, 0) is 0 Å². The second kappa shape index (κ2) is 5.09. The highest BCUT2D eigenvalue weighted by molar-refractivity contribution is 7.99. The van der Waals surface area contributed by atoms with Gasteiger partial charge < -0.3 is 5.11 Å². The molecule has 1 N–H and O–H groups in total. The lowest BCUT2D eigenvalue weighted by atomic mass is 10.2. The Labute approximate surface area is 121 Å². The van der Waals surface area contributed by atoms with Crippen LogP contribution in [0, 0.1) is 10.1 Å². The molecule has 10 nitrogen and oxygen atoms in total. The van der Waals surface area contributed by atoms with Crippen molar-refractivity contribution in [2.75, 3.05) is 0 Å². The molecule has 1 aliphatic carbocycles. The second-order valence-electron chi connectivity index (χ2n) is 4.34. The Hall–Kier alpha value is -2.56. The quantitative estimate of drug-likeness (QED) is 0.636. The van der Waals surface area contributed by atoms with Crippen LogP contribution in [0.25, 0.3) is 0 Å². The first-order chi connectivity index (χ1) is 10.1. The molecule has 0 radical (unpaired) electrons. The van der Waals surface area contributed by atoms with E-state index < -0.39 is 22.1 Å². The van der Waals surface area contributed by atoms with Crippen LogP contribution in [0.4, 0.5) is 5.69 Å². The number of carboxylic acids is 1. The van der Waals surface area contributed by atoms with Gasteiger partial charge in [-0.25, -0.2) is 14.5 Å². The largest absolute Gasteiger partial charge is 0.477 e. The maximum atomic E-state index is 11.1. The van der Waals surface area contributed by atoms with E-state index in [0.29, 0.717) is 5.16 Å². The maximum Gasteiger partial charge on any atom is 0.342 e. The molecule has 108 valence electrons. The number of carbonyl (C=O) groups is 1. The fourth-order valence-electron chi connectivity index (χ4n) is 1.70. The van der Waals surface area contributed by atoms with Gasteiger partial charge in [-0.3, -0.25) is 10.1 Å². The van der Waals surface area contributed by atoms with E-state index in [4.69, 9.17) is 5.11 Å². The van der Waals surface area contributed by atoms with Gasteiger partial charge in [-0.2, -0.15) is 0 Å². The van der Waals surface area contributed by atoms with Crippen LogP contribution < -0.4 is 0 Å². The molecule has 0 aliphatic heterocycles. The Balaban J connectivity index is 1.92. The summed E-state index contributed by atoms with van der Waals surface area (Å²) in [5.41, 5.74) is -0.961. The summed E-state index contributed by atoms with van der Waals surface area (Å²) < 4.78 is 1.65. The summed E-state index contributed by atoms with van der Waals surface area (Å²) in [5.74, 6) is -1.38. The molecule has 0 atom stereocenters. The topological polar surface area (TPSA) is 137 Å². The van der Waals surface area contributed by atoms with E-state index in [9.17, 15) is 14.9 Å². The molecule has 0 amide bonds. The number of nitrogens with zero attached hydrogens (tertiary/aromatic N) is 6. The van der Waals surface area contributed by atoms with Gasteiger partial charge >= 0.3 is 11.7 Å².